The van der Waals surface area contributed by atoms with Gasteiger partial charge in [-0.15, -0.1) is 0 Å². The van der Waals surface area contributed by atoms with Gasteiger partial charge in [0.05, 0.1) is 5.69 Å². The average molecular weight is 294 g/mol. The van der Waals surface area contributed by atoms with Gasteiger partial charge in [0.1, 0.15) is 5.82 Å². The van der Waals surface area contributed by atoms with Crippen molar-refractivity contribution in [3.63, 3.8) is 0 Å². The third kappa shape index (κ3) is 6.04. The maximum absolute atomic E-state index is 14.4. The fraction of sp³-hybridized carbons (Fsp3) is 0.667. The van der Waals surface area contributed by atoms with Crippen LogP contribution in [0.1, 0.15) is 46.1 Å². The van der Waals surface area contributed by atoms with Crippen molar-refractivity contribution in [1.82, 2.24) is 0 Å². The molecule has 0 aliphatic heterocycles. The molecule has 0 heterocycles. The predicted octanol–water partition coefficient (Wildman–Crippen LogP) is 4.23. The minimum absolute atomic E-state index is 0.117. The Morgan fingerprint density at radius 2 is 1.62 bits per heavy atom. The maximum Gasteiger partial charge on any atom is 0.146 e. The summed E-state index contributed by atoms with van der Waals surface area (Å²) in [5.41, 5.74) is 7.48. The van der Waals surface area contributed by atoms with Crippen molar-refractivity contribution in [3.8, 4) is 0 Å². The van der Waals surface area contributed by atoms with Crippen LogP contribution in [0.25, 0.3) is 0 Å². The second kappa shape index (κ2) is 9.04. The van der Waals surface area contributed by atoms with Crippen LogP contribution in [0.15, 0.2) is 18.2 Å². The molecule has 21 heavy (non-hydrogen) atoms. The number of nitrogens with two attached hydrogens (primary N) is 1. The topological polar surface area (TPSA) is 29.3 Å². The molecule has 0 saturated carbocycles. The number of hydrogen-bond donors (Lipinski definition) is 1. The van der Waals surface area contributed by atoms with Crippen LogP contribution < -0.4 is 10.6 Å². The van der Waals surface area contributed by atoms with Crippen LogP contribution in [0.4, 0.5) is 10.1 Å². The highest BCUT2D eigenvalue weighted by atomic mass is 19.1. The fourth-order valence-corrected chi connectivity index (χ4v) is 2.43. The van der Waals surface area contributed by atoms with E-state index in [1.165, 1.54) is 0 Å². The molecule has 1 rings (SSSR count). The molecule has 0 unspecified atom stereocenters. The molecule has 1 aromatic rings. The summed E-state index contributed by atoms with van der Waals surface area (Å²) in [6.45, 7) is 11.2. The Morgan fingerprint density at radius 1 is 1.05 bits per heavy atom. The lowest BCUT2D eigenvalue weighted by Crippen LogP contribution is -2.29. The second-order valence-electron chi connectivity index (χ2n) is 6.64. The first-order chi connectivity index (χ1) is 9.95. The van der Waals surface area contributed by atoms with E-state index in [9.17, 15) is 4.39 Å². The van der Waals surface area contributed by atoms with Gasteiger partial charge in [-0.05, 0) is 49.3 Å². The van der Waals surface area contributed by atoms with Crippen LogP contribution in [0.2, 0.25) is 0 Å². The van der Waals surface area contributed by atoms with E-state index in [0.29, 0.717) is 18.4 Å². The summed E-state index contributed by atoms with van der Waals surface area (Å²) < 4.78 is 14.4. The summed E-state index contributed by atoms with van der Waals surface area (Å²) in [5, 5.41) is 0. The highest BCUT2D eigenvalue weighted by molar-refractivity contribution is 5.55. The number of benzene rings is 1. The molecule has 0 aliphatic carbocycles. The highest BCUT2D eigenvalue weighted by Crippen LogP contribution is 2.26. The van der Waals surface area contributed by atoms with Crippen molar-refractivity contribution in [2.75, 3.05) is 24.5 Å². The van der Waals surface area contributed by atoms with Gasteiger partial charge >= 0.3 is 0 Å². The SMILES string of the molecule is CC(C)CCN(CCC(C)C)c1c(F)cccc1CCN. The van der Waals surface area contributed by atoms with E-state index in [4.69, 9.17) is 5.73 Å². The monoisotopic (exact) mass is 294 g/mol. The molecule has 2 N–H and O–H groups in total. The number of halogens is 1. The van der Waals surface area contributed by atoms with Crippen LogP contribution in [-0.4, -0.2) is 19.6 Å². The van der Waals surface area contributed by atoms with Gasteiger partial charge in [0.25, 0.3) is 0 Å². The fourth-order valence-electron chi connectivity index (χ4n) is 2.43. The second-order valence-corrected chi connectivity index (χ2v) is 6.64. The lowest BCUT2D eigenvalue weighted by Gasteiger charge is -2.29. The minimum atomic E-state index is -0.117. The van der Waals surface area contributed by atoms with Gasteiger partial charge in [-0.3, -0.25) is 0 Å². The summed E-state index contributed by atoms with van der Waals surface area (Å²) in [7, 11) is 0. The van der Waals surface area contributed by atoms with E-state index in [-0.39, 0.29) is 5.82 Å². The molecule has 0 atom stereocenters. The van der Waals surface area contributed by atoms with Gasteiger partial charge in [-0.2, -0.15) is 0 Å². The molecule has 2 nitrogen and oxygen atoms in total. The molecule has 0 radical (unpaired) electrons. The third-order valence-electron chi connectivity index (χ3n) is 3.75. The van der Waals surface area contributed by atoms with E-state index in [0.717, 1.165) is 43.6 Å². The maximum atomic E-state index is 14.4. The standard InChI is InChI=1S/C18H31FN2/c1-14(2)9-12-21(13-10-15(3)4)18-16(8-11-20)6-5-7-17(18)19/h5-7,14-15H,8-13,20H2,1-4H3. The van der Waals surface area contributed by atoms with Crippen molar-refractivity contribution in [2.24, 2.45) is 17.6 Å². The van der Waals surface area contributed by atoms with Gasteiger partial charge in [-0.1, -0.05) is 39.8 Å². The molecule has 3 heteroatoms. The van der Waals surface area contributed by atoms with E-state index in [1.807, 2.05) is 6.07 Å². The van der Waals surface area contributed by atoms with Gasteiger partial charge in [0, 0.05) is 13.1 Å². The largest absolute Gasteiger partial charge is 0.369 e. The van der Waals surface area contributed by atoms with E-state index in [1.54, 1.807) is 12.1 Å². The predicted molar refractivity (Wildman–Crippen MR) is 90.3 cm³/mol. The van der Waals surface area contributed by atoms with Crippen molar-refractivity contribution in [1.29, 1.82) is 0 Å². The molecule has 0 bridgehead atoms. The average Bonchev–Trinajstić information content (AvgIpc) is 2.40. The molecule has 0 amide bonds. The third-order valence-corrected chi connectivity index (χ3v) is 3.75. The highest BCUT2D eigenvalue weighted by Gasteiger charge is 2.16. The zero-order valence-electron chi connectivity index (χ0n) is 14.0. The van der Waals surface area contributed by atoms with Gasteiger partial charge in [0.2, 0.25) is 0 Å². The van der Waals surface area contributed by atoms with E-state index < -0.39 is 0 Å². The van der Waals surface area contributed by atoms with Crippen LogP contribution in [0, 0.1) is 17.7 Å². The molecule has 0 fully saturated rings. The zero-order valence-corrected chi connectivity index (χ0v) is 14.0. The van der Waals surface area contributed by atoms with Crippen LogP contribution >= 0.6 is 0 Å². The molecule has 0 saturated heterocycles. The van der Waals surface area contributed by atoms with Crippen molar-refractivity contribution in [3.05, 3.63) is 29.6 Å². The number of rotatable bonds is 9. The first-order valence-electron chi connectivity index (χ1n) is 8.18. The molecule has 0 aliphatic rings. The summed E-state index contributed by atoms with van der Waals surface area (Å²) in [6, 6.07) is 5.35. The van der Waals surface area contributed by atoms with Gasteiger partial charge in [-0.25, -0.2) is 4.39 Å². The molecule has 120 valence electrons. The summed E-state index contributed by atoms with van der Waals surface area (Å²) >= 11 is 0. The van der Waals surface area contributed by atoms with Crippen LogP contribution in [0.5, 0.6) is 0 Å². The Hall–Kier alpha value is -1.09. The Kier molecular flexibility index (Phi) is 7.73. The first-order valence-corrected chi connectivity index (χ1v) is 8.18. The number of para-hydroxylation sites is 1. The summed E-state index contributed by atoms with van der Waals surface area (Å²) in [5.74, 6) is 1.13. The zero-order chi connectivity index (χ0) is 15.8. The quantitative estimate of drug-likeness (QED) is 0.738. The molecule has 0 aromatic heterocycles. The first kappa shape index (κ1) is 18.0. The van der Waals surface area contributed by atoms with Crippen molar-refractivity contribution < 1.29 is 4.39 Å². The van der Waals surface area contributed by atoms with E-state index >= 15 is 0 Å². The number of anilines is 1. The van der Waals surface area contributed by atoms with Gasteiger partial charge in [0.15, 0.2) is 0 Å². The minimum Gasteiger partial charge on any atom is -0.369 e. The Morgan fingerprint density at radius 3 is 2.10 bits per heavy atom. The normalized spacial score (nSPS) is 11.4. The lowest BCUT2D eigenvalue weighted by atomic mass is 10.0. The Bertz CT molecular complexity index is 404. The lowest BCUT2D eigenvalue weighted by molar-refractivity contribution is 0.525. The Balaban J connectivity index is 2.99. The summed E-state index contributed by atoms with van der Waals surface area (Å²) in [6.07, 6.45) is 2.88. The van der Waals surface area contributed by atoms with Crippen molar-refractivity contribution >= 4 is 5.69 Å². The molecule has 0 spiro atoms. The number of hydrogen-bond acceptors (Lipinski definition) is 2. The molecule has 1 aromatic carbocycles. The summed E-state index contributed by atoms with van der Waals surface area (Å²) in [4.78, 5) is 2.22. The van der Waals surface area contributed by atoms with Crippen LogP contribution in [0.3, 0.4) is 0 Å². The van der Waals surface area contributed by atoms with Crippen LogP contribution in [-0.2, 0) is 6.42 Å². The number of nitrogens with zero attached hydrogens (tertiary/aromatic N) is 1. The molecular formula is C18H31FN2. The Labute approximate surface area is 129 Å². The molecular weight excluding hydrogens is 263 g/mol. The van der Waals surface area contributed by atoms with Gasteiger partial charge < -0.3 is 10.6 Å². The van der Waals surface area contributed by atoms with Crippen molar-refractivity contribution in [2.45, 2.75) is 47.0 Å². The smallest absolute Gasteiger partial charge is 0.146 e. The van der Waals surface area contributed by atoms with E-state index in [2.05, 4.69) is 32.6 Å².